The van der Waals surface area contributed by atoms with Gasteiger partial charge in [-0.2, -0.15) is 0 Å². The van der Waals surface area contributed by atoms with Crippen LogP contribution in [0.15, 0.2) is 0 Å². The summed E-state index contributed by atoms with van der Waals surface area (Å²) < 4.78 is 4.98. The Kier molecular flexibility index (Phi) is 2.28. The first-order valence-electron chi connectivity index (χ1n) is 3.17. The van der Waals surface area contributed by atoms with Crippen molar-refractivity contribution in [2.24, 2.45) is 0 Å². The standard InChI is InChI=1S/C7H10O3/c1-2-3-6-7(9)5(8)4-10-6/h1,5-9H,3-4H2. The molecular weight excluding hydrogens is 132 g/mol. The smallest absolute Gasteiger partial charge is 0.109 e. The SMILES string of the molecule is C#CCC1OCC(O)C1O. The first kappa shape index (κ1) is 7.55. The molecule has 0 saturated carbocycles. The van der Waals surface area contributed by atoms with Crippen LogP contribution in [-0.4, -0.2) is 35.1 Å². The minimum atomic E-state index is -0.809. The van der Waals surface area contributed by atoms with Crippen molar-refractivity contribution in [1.82, 2.24) is 0 Å². The lowest BCUT2D eigenvalue weighted by Crippen LogP contribution is -2.29. The average molecular weight is 142 g/mol. The molecule has 3 nitrogen and oxygen atoms in total. The quantitative estimate of drug-likeness (QED) is 0.468. The van der Waals surface area contributed by atoms with Gasteiger partial charge in [-0.15, -0.1) is 12.3 Å². The molecule has 0 radical (unpaired) electrons. The fraction of sp³-hybridized carbons (Fsp3) is 0.714. The van der Waals surface area contributed by atoms with E-state index in [4.69, 9.17) is 21.4 Å². The normalized spacial score (nSPS) is 39.5. The number of hydrogen-bond acceptors (Lipinski definition) is 3. The number of ether oxygens (including phenoxy) is 1. The highest BCUT2D eigenvalue weighted by Crippen LogP contribution is 2.16. The maximum atomic E-state index is 9.12. The summed E-state index contributed by atoms with van der Waals surface area (Å²) in [6.07, 6.45) is 3.40. The minimum Gasteiger partial charge on any atom is -0.388 e. The van der Waals surface area contributed by atoms with Crippen molar-refractivity contribution in [1.29, 1.82) is 0 Å². The number of terminal acetylenes is 1. The average Bonchev–Trinajstić information content (AvgIpc) is 2.20. The topological polar surface area (TPSA) is 49.7 Å². The Morgan fingerprint density at radius 3 is 2.70 bits per heavy atom. The minimum absolute atomic E-state index is 0.188. The predicted molar refractivity (Wildman–Crippen MR) is 35.2 cm³/mol. The molecular formula is C7H10O3. The first-order valence-corrected chi connectivity index (χ1v) is 3.17. The Morgan fingerprint density at radius 2 is 2.30 bits per heavy atom. The van der Waals surface area contributed by atoms with Crippen LogP contribution in [0, 0.1) is 12.3 Å². The van der Waals surface area contributed by atoms with Gasteiger partial charge < -0.3 is 14.9 Å². The summed E-state index contributed by atoms with van der Waals surface area (Å²) in [5.41, 5.74) is 0. The van der Waals surface area contributed by atoms with Gasteiger partial charge in [0.05, 0.1) is 12.7 Å². The number of rotatable bonds is 1. The molecule has 2 N–H and O–H groups in total. The molecule has 3 atom stereocenters. The van der Waals surface area contributed by atoms with Crippen molar-refractivity contribution in [3.8, 4) is 12.3 Å². The Balaban J connectivity index is 2.43. The Morgan fingerprint density at radius 1 is 1.60 bits per heavy atom. The summed E-state index contributed by atoms with van der Waals surface area (Å²) in [4.78, 5) is 0. The Labute approximate surface area is 59.6 Å². The van der Waals surface area contributed by atoms with Gasteiger partial charge in [0.25, 0.3) is 0 Å². The zero-order chi connectivity index (χ0) is 7.56. The molecule has 1 fully saturated rings. The molecule has 3 unspecified atom stereocenters. The van der Waals surface area contributed by atoms with Gasteiger partial charge in [-0.05, 0) is 0 Å². The second kappa shape index (κ2) is 3.02. The van der Waals surface area contributed by atoms with Gasteiger partial charge in [0, 0.05) is 6.42 Å². The van der Waals surface area contributed by atoms with Crippen LogP contribution >= 0.6 is 0 Å². The van der Waals surface area contributed by atoms with Crippen molar-refractivity contribution in [3.63, 3.8) is 0 Å². The summed E-state index contributed by atoms with van der Waals surface area (Å²) in [6.45, 7) is 0.188. The van der Waals surface area contributed by atoms with E-state index in [0.29, 0.717) is 6.42 Å². The van der Waals surface area contributed by atoms with Crippen molar-refractivity contribution in [2.75, 3.05) is 6.61 Å². The lowest BCUT2D eigenvalue weighted by Gasteiger charge is -2.10. The summed E-state index contributed by atoms with van der Waals surface area (Å²) in [5, 5.41) is 18.1. The molecule has 0 aromatic heterocycles. The van der Waals surface area contributed by atoms with E-state index in [-0.39, 0.29) is 12.7 Å². The van der Waals surface area contributed by atoms with E-state index in [1.165, 1.54) is 0 Å². The van der Waals surface area contributed by atoms with E-state index in [2.05, 4.69) is 5.92 Å². The van der Waals surface area contributed by atoms with Gasteiger partial charge in [0.2, 0.25) is 0 Å². The molecule has 0 spiro atoms. The van der Waals surface area contributed by atoms with E-state index in [1.54, 1.807) is 0 Å². The van der Waals surface area contributed by atoms with Crippen molar-refractivity contribution in [2.45, 2.75) is 24.7 Å². The second-order valence-corrected chi connectivity index (χ2v) is 2.34. The Bertz CT molecular complexity index is 149. The second-order valence-electron chi connectivity index (χ2n) is 2.34. The molecule has 1 heterocycles. The third-order valence-corrected chi connectivity index (χ3v) is 1.58. The zero-order valence-electron chi connectivity index (χ0n) is 5.53. The van der Waals surface area contributed by atoms with E-state index in [9.17, 15) is 0 Å². The molecule has 1 rings (SSSR count). The summed E-state index contributed by atoms with van der Waals surface area (Å²) in [6, 6.07) is 0. The maximum absolute atomic E-state index is 9.12. The van der Waals surface area contributed by atoms with Crippen LogP contribution in [0.3, 0.4) is 0 Å². The summed E-state index contributed by atoms with van der Waals surface area (Å²) in [5.74, 6) is 2.36. The van der Waals surface area contributed by atoms with Gasteiger partial charge in [0.1, 0.15) is 12.2 Å². The lowest BCUT2D eigenvalue weighted by molar-refractivity contribution is 0.0259. The molecule has 0 aromatic carbocycles. The van der Waals surface area contributed by atoms with Crippen molar-refractivity contribution >= 4 is 0 Å². The molecule has 0 amide bonds. The Hall–Kier alpha value is -0.560. The molecule has 1 saturated heterocycles. The lowest BCUT2D eigenvalue weighted by atomic mass is 10.1. The van der Waals surface area contributed by atoms with Gasteiger partial charge in [-0.3, -0.25) is 0 Å². The van der Waals surface area contributed by atoms with Crippen LogP contribution in [-0.2, 0) is 4.74 Å². The molecule has 0 aromatic rings. The summed E-state index contributed by atoms with van der Waals surface area (Å²) >= 11 is 0. The molecule has 1 aliphatic heterocycles. The highest BCUT2D eigenvalue weighted by molar-refractivity contribution is 4.94. The zero-order valence-corrected chi connectivity index (χ0v) is 5.53. The molecule has 10 heavy (non-hydrogen) atoms. The largest absolute Gasteiger partial charge is 0.388 e. The first-order chi connectivity index (χ1) is 4.75. The van der Waals surface area contributed by atoms with Crippen molar-refractivity contribution in [3.05, 3.63) is 0 Å². The maximum Gasteiger partial charge on any atom is 0.109 e. The van der Waals surface area contributed by atoms with Crippen LogP contribution in [0.1, 0.15) is 6.42 Å². The third-order valence-electron chi connectivity index (χ3n) is 1.58. The number of hydrogen-bond donors (Lipinski definition) is 2. The molecule has 56 valence electrons. The van der Waals surface area contributed by atoms with Crippen LogP contribution in [0.5, 0.6) is 0 Å². The molecule has 3 heteroatoms. The van der Waals surface area contributed by atoms with Gasteiger partial charge in [-0.25, -0.2) is 0 Å². The van der Waals surface area contributed by atoms with Gasteiger partial charge in [-0.1, -0.05) is 0 Å². The number of aliphatic hydroxyl groups is 2. The van der Waals surface area contributed by atoms with Crippen LogP contribution in [0.4, 0.5) is 0 Å². The van der Waals surface area contributed by atoms with Gasteiger partial charge >= 0.3 is 0 Å². The van der Waals surface area contributed by atoms with Gasteiger partial charge in [0.15, 0.2) is 0 Å². The van der Waals surface area contributed by atoms with E-state index in [1.807, 2.05) is 0 Å². The monoisotopic (exact) mass is 142 g/mol. The highest BCUT2D eigenvalue weighted by Gasteiger charge is 2.33. The van der Waals surface area contributed by atoms with E-state index >= 15 is 0 Å². The number of aliphatic hydroxyl groups excluding tert-OH is 2. The molecule has 1 aliphatic rings. The fourth-order valence-electron chi connectivity index (χ4n) is 0.963. The predicted octanol–water partition coefficient (Wildman–Crippen LogP) is -0.870. The fourth-order valence-corrected chi connectivity index (χ4v) is 0.963. The van der Waals surface area contributed by atoms with E-state index in [0.717, 1.165) is 0 Å². The van der Waals surface area contributed by atoms with Crippen molar-refractivity contribution < 1.29 is 14.9 Å². The molecule has 0 aliphatic carbocycles. The van der Waals surface area contributed by atoms with Crippen LogP contribution in [0.2, 0.25) is 0 Å². The summed E-state index contributed by atoms with van der Waals surface area (Å²) in [7, 11) is 0. The molecule has 0 bridgehead atoms. The highest BCUT2D eigenvalue weighted by atomic mass is 16.5. The van der Waals surface area contributed by atoms with E-state index < -0.39 is 12.2 Å². The third kappa shape index (κ3) is 1.29. The van der Waals surface area contributed by atoms with Crippen LogP contribution in [0.25, 0.3) is 0 Å². The van der Waals surface area contributed by atoms with Crippen LogP contribution < -0.4 is 0 Å².